The molecule has 1 unspecified atom stereocenters. The third-order valence-electron chi connectivity index (χ3n) is 6.90. The van der Waals surface area contributed by atoms with Crippen LogP contribution < -0.4 is 14.4 Å². The lowest BCUT2D eigenvalue weighted by molar-refractivity contribution is -0.139. The van der Waals surface area contributed by atoms with Crippen LogP contribution >= 0.6 is 0 Å². The molecule has 2 amide bonds. The van der Waals surface area contributed by atoms with Crippen LogP contribution in [0.2, 0.25) is 0 Å². The summed E-state index contributed by atoms with van der Waals surface area (Å²) in [6, 6.07) is 30.7. The van der Waals surface area contributed by atoms with Crippen molar-refractivity contribution in [3.05, 3.63) is 126 Å². The molecule has 0 aromatic heterocycles. The highest BCUT2D eigenvalue weighted by Crippen LogP contribution is 2.28. The molecule has 0 saturated carbocycles. The van der Waals surface area contributed by atoms with Crippen molar-refractivity contribution in [2.45, 2.75) is 30.8 Å². The van der Waals surface area contributed by atoms with E-state index in [1.54, 1.807) is 42.5 Å². The fourth-order valence-corrected chi connectivity index (χ4v) is 6.17. The van der Waals surface area contributed by atoms with E-state index in [1.807, 2.05) is 61.5 Å². The molecule has 0 heterocycles. The van der Waals surface area contributed by atoms with Crippen LogP contribution in [-0.2, 0) is 32.6 Å². The zero-order valence-electron chi connectivity index (χ0n) is 23.9. The summed E-state index contributed by atoms with van der Waals surface area (Å²) in [5, 5.41) is 2.69. The van der Waals surface area contributed by atoms with Gasteiger partial charge in [0, 0.05) is 26.1 Å². The second kappa shape index (κ2) is 13.8. The summed E-state index contributed by atoms with van der Waals surface area (Å²) in [5.41, 5.74) is 2.96. The summed E-state index contributed by atoms with van der Waals surface area (Å²) < 4.78 is 34.4. The Morgan fingerprint density at radius 3 is 2.12 bits per heavy atom. The van der Waals surface area contributed by atoms with E-state index in [0.29, 0.717) is 5.75 Å². The van der Waals surface area contributed by atoms with Crippen molar-refractivity contribution in [1.82, 2.24) is 10.2 Å². The van der Waals surface area contributed by atoms with E-state index in [2.05, 4.69) is 5.32 Å². The minimum absolute atomic E-state index is 0.0398. The number of nitrogens with one attached hydrogen (secondary N) is 1. The number of likely N-dealkylation sites (N-methyl/N-ethyl adjacent to an activating group) is 1. The average Bonchev–Trinajstić information content (AvgIpc) is 3.02. The fourth-order valence-electron chi connectivity index (χ4n) is 4.74. The largest absolute Gasteiger partial charge is 0.497 e. The molecule has 0 spiro atoms. The van der Waals surface area contributed by atoms with Gasteiger partial charge < -0.3 is 15.0 Å². The molecule has 4 aromatic carbocycles. The molecular weight excluding hydrogens is 550 g/mol. The van der Waals surface area contributed by atoms with Crippen LogP contribution in [0.15, 0.2) is 114 Å². The van der Waals surface area contributed by atoms with E-state index in [0.717, 1.165) is 21.0 Å². The maximum absolute atomic E-state index is 14.3. The Morgan fingerprint density at radius 1 is 0.833 bits per heavy atom. The van der Waals surface area contributed by atoms with Crippen LogP contribution in [0.5, 0.6) is 5.75 Å². The second-order valence-electron chi connectivity index (χ2n) is 9.86. The molecular formula is C33H35N3O5S. The van der Waals surface area contributed by atoms with Gasteiger partial charge in [-0.3, -0.25) is 13.9 Å². The van der Waals surface area contributed by atoms with Gasteiger partial charge in [-0.05, 0) is 42.3 Å². The Labute approximate surface area is 247 Å². The smallest absolute Gasteiger partial charge is 0.264 e. The van der Waals surface area contributed by atoms with Crippen LogP contribution in [0.4, 0.5) is 5.69 Å². The maximum atomic E-state index is 14.3. The normalized spacial score (nSPS) is 11.8. The number of hydrogen-bond acceptors (Lipinski definition) is 5. The summed E-state index contributed by atoms with van der Waals surface area (Å²) >= 11 is 0. The molecule has 0 radical (unpaired) electrons. The predicted octanol–water partition coefficient (Wildman–Crippen LogP) is 4.59. The van der Waals surface area contributed by atoms with Gasteiger partial charge in [-0.1, -0.05) is 84.4 Å². The van der Waals surface area contributed by atoms with Gasteiger partial charge in [-0.2, -0.15) is 0 Å². The van der Waals surface area contributed by atoms with Gasteiger partial charge in [0.2, 0.25) is 11.8 Å². The van der Waals surface area contributed by atoms with Crippen molar-refractivity contribution >= 4 is 27.5 Å². The third kappa shape index (κ3) is 7.36. The quantitative estimate of drug-likeness (QED) is 0.263. The number of sulfonamides is 1. The van der Waals surface area contributed by atoms with E-state index < -0.39 is 28.5 Å². The van der Waals surface area contributed by atoms with Gasteiger partial charge in [0.05, 0.1) is 17.7 Å². The molecule has 1 N–H and O–H groups in total. The van der Waals surface area contributed by atoms with E-state index in [4.69, 9.17) is 4.74 Å². The first-order chi connectivity index (χ1) is 20.2. The van der Waals surface area contributed by atoms with Gasteiger partial charge in [-0.25, -0.2) is 8.42 Å². The van der Waals surface area contributed by atoms with Crippen molar-refractivity contribution in [2.75, 3.05) is 25.0 Å². The minimum atomic E-state index is -4.17. The van der Waals surface area contributed by atoms with Gasteiger partial charge in [0.25, 0.3) is 10.0 Å². The molecule has 0 aliphatic carbocycles. The van der Waals surface area contributed by atoms with E-state index in [-0.39, 0.29) is 29.5 Å². The summed E-state index contributed by atoms with van der Waals surface area (Å²) in [6.45, 7) is 1.54. The van der Waals surface area contributed by atoms with Crippen LogP contribution in [0.1, 0.15) is 16.7 Å². The topological polar surface area (TPSA) is 96.0 Å². The minimum Gasteiger partial charge on any atom is -0.497 e. The monoisotopic (exact) mass is 585 g/mol. The summed E-state index contributed by atoms with van der Waals surface area (Å²) in [6.07, 6.45) is 0.253. The summed E-state index contributed by atoms with van der Waals surface area (Å²) in [4.78, 5) is 29.1. The van der Waals surface area contributed by atoms with Crippen molar-refractivity contribution < 1.29 is 22.7 Å². The zero-order chi connectivity index (χ0) is 30.1. The molecule has 0 fully saturated rings. The van der Waals surface area contributed by atoms with Crippen molar-refractivity contribution in [3.8, 4) is 5.75 Å². The van der Waals surface area contributed by atoms with Gasteiger partial charge in [0.15, 0.2) is 0 Å². The number of anilines is 1. The Bertz CT molecular complexity index is 1610. The highest BCUT2D eigenvalue weighted by atomic mass is 32.2. The molecule has 218 valence electrons. The van der Waals surface area contributed by atoms with Gasteiger partial charge >= 0.3 is 0 Å². The van der Waals surface area contributed by atoms with Crippen LogP contribution in [-0.4, -0.2) is 51.9 Å². The standard InChI is InChI=1S/C33H35N3O5S/c1-25-12-10-15-27(20-25)23-35(31(33(38)34-2)21-26-13-6-4-7-14-26)32(37)24-36(28-16-11-17-29(22-28)41-3)42(39,40)30-18-8-5-9-19-30/h4-20,22,31H,21,23-24H2,1-3H3,(H,34,38). The van der Waals surface area contributed by atoms with Crippen molar-refractivity contribution in [3.63, 3.8) is 0 Å². The Kier molecular flexibility index (Phi) is 9.98. The molecule has 1 atom stereocenters. The average molecular weight is 586 g/mol. The predicted molar refractivity (Wildman–Crippen MR) is 164 cm³/mol. The lowest BCUT2D eigenvalue weighted by Crippen LogP contribution is -2.53. The molecule has 4 rings (SSSR count). The summed E-state index contributed by atoms with van der Waals surface area (Å²) in [7, 11) is -1.15. The molecule has 0 aliphatic rings. The Hall–Kier alpha value is -4.63. The van der Waals surface area contributed by atoms with E-state index in [1.165, 1.54) is 31.2 Å². The number of rotatable bonds is 12. The first-order valence-corrected chi connectivity index (χ1v) is 15.0. The highest BCUT2D eigenvalue weighted by Gasteiger charge is 2.34. The number of aryl methyl sites for hydroxylation is 1. The first-order valence-electron chi connectivity index (χ1n) is 13.6. The Balaban J connectivity index is 1.79. The van der Waals surface area contributed by atoms with E-state index >= 15 is 0 Å². The third-order valence-corrected chi connectivity index (χ3v) is 8.69. The Morgan fingerprint density at radius 2 is 1.48 bits per heavy atom. The SMILES string of the molecule is CNC(=O)C(Cc1ccccc1)N(Cc1cccc(C)c1)C(=O)CN(c1cccc(OC)c1)S(=O)(=O)c1ccccc1. The molecule has 0 aliphatic heterocycles. The maximum Gasteiger partial charge on any atom is 0.264 e. The molecule has 9 heteroatoms. The van der Waals surface area contributed by atoms with Gasteiger partial charge in [-0.15, -0.1) is 0 Å². The van der Waals surface area contributed by atoms with Crippen LogP contribution in [0.25, 0.3) is 0 Å². The number of nitrogens with zero attached hydrogens (tertiary/aromatic N) is 2. The van der Waals surface area contributed by atoms with Crippen molar-refractivity contribution in [1.29, 1.82) is 0 Å². The zero-order valence-corrected chi connectivity index (χ0v) is 24.8. The van der Waals surface area contributed by atoms with E-state index in [9.17, 15) is 18.0 Å². The van der Waals surface area contributed by atoms with Crippen LogP contribution in [0, 0.1) is 6.92 Å². The summed E-state index contributed by atoms with van der Waals surface area (Å²) in [5.74, 6) is -0.431. The number of hydrogen-bond donors (Lipinski definition) is 1. The first kappa shape index (κ1) is 30.3. The number of ether oxygens (including phenoxy) is 1. The van der Waals surface area contributed by atoms with Crippen LogP contribution in [0.3, 0.4) is 0 Å². The number of carbonyl (C=O) groups excluding carboxylic acids is 2. The molecule has 0 bridgehead atoms. The fraction of sp³-hybridized carbons (Fsp3) is 0.212. The lowest BCUT2D eigenvalue weighted by atomic mass is 10.0. The van der Waals surface area contributed by atoms with Gasteiger partial charge in [0.1, 0.15) is 18.3 Å². The van der Waals surface area contributed by atoms with Crippen molar-refractivity contribution in [2.24, 2.45) is 0 Å². The highest BCUT2D eigenvalue weighted by molar-refractivity contribution is 7.92. The number of carbonyl (C=O) groups is 2. The lowest BCUT2D eigenvalue weighted by Gasteiger charge is -2.33. The molecule has 4 aromatic rings. The number of benzene rings is 4. The molecule has 42 heavy (non-hydrogen) atoms. The molecule has 0 saturated heterocycles. The second-order valence-corrected chi connectivity index (χ2v) is 11.7. The number of amides is 2. The number of methoxy groups -OCH3 is 1. The molecule has 8 nitrogen and oxygen atoms in total.